The van der Waals surface area contributed by atoms with Gasteiger partial charge in [-0.3, -0.25) is 19.4 Å². The summed E-state index contributed by atoms with van der Waals surface area (Å²) in [6.07, 6.45) is 3.37. The average Bonchev–Trinajstić information content (AvgIpc) is 3.21. The second-order valence-corrected chi connectivity index (χ2v) is 8.02. The van der Waals surface area contributed by atoms with Gasteiger partial charge in [0.1, 0.15) is 0 Å². The predicted molar refractivity (Wildman–Crippen MR) is 111 cm³/mol. The number of nitrogens with zero attached hydrogens (tertiary/aromatic N) is 3. The maximum atomic E-state index is 12.8. The number of pyridine rings is 1. The summed E-state index contributed by atoms with van der Waals surface area (Å²) in [7, 11) is 1.32. The van der Waals surface area contributed by atoms with Crippen LogP contribution in [0.25, 0.3) is 0 Å². The number of hydrogen-bond acceptors (Lipinski definition) is 7. The van der Waals surface area contributed by atoms with Crippen LogP contribution < -0.4 is 0 Å². The number of carbonyl (C=O) groups excluding carboxylic acids is 3. The molecular weight excluding hydrogens is 406 g/mol. The van der Waals surface area contributed by atoms with Gasteiger partial charge in [-0.15, -0.1) is 11.3 Å². The van der Waals surface area contributed by atoms with E-state index in [-0.39, 0.29) is 49.8 Å². The molecule has 1 fully saturated rings. The van der Waals surface area contributed by atoms with Crippen molar-refractivity contribution in [3.8, 4) is 0 Å². The number of hydrogen-bond donors (Lipinski definition) is 0. The number of aromatic nitrogens is 1. The molecule has 8 nitrogen and oxygen atoms in total. The second-order valence-electron chi connectivity index (χ2n) is 6.98. The van der Waals surface area contributed by atoms with Crippen molar-refractivity contribution in [2.75, 3.05) is 33.3 Å². The zero-order valence-corrected chi connectivity index (χ0v) is 17.7. The molecule has 1 aliphatic heterocycles. The molecule has 0 aliphatic carbocycles. The number of amides is 2. The molecule has 0 N–H and O–H groups in total. The van der Waals surface area contributed by atoms with Gasteiger partial charge in [-0.05, 0) is 29.1 Å². The highest BCUT2D eigenvalue weighted by molar-refractivity contribution is 7.10. The van der Waals surface area contributed by atoms with Gasteiger partial charge in [0.2, 0.25) is 11.8 Å². The van der Waals surface area contributed by atoms with Crippen molar-refractivity contribution in [3.63, 3.8) is 0 Å². The number of ether oxygens (including phenoxy) is 2. The quantitative estimate of drug-likeness (QED) is 0.589. The lowest BCUT2D eigenvalue weighted by Crippen LogP contribution is -2.40. The van der Waals surface area contributed by atoms with E-state index in [0.29, 0.717) is 19.7 Å². The molecule has 3 heterocycles. The van der Waals surface area contributed by atoms with Crippen LogP contribution in [0.1, 0.15) is 16.9 Å². The van der Waals surface area contributed by atoms with Crippen molar-refractivity contribution in [2.24, 2.45) is 0 Å². The van der Waals surface area contributed by atoms with Crippen molar-refractivity contribution >= 4 is 29.1 Å². The van der Waals surface area contributed by atoms with Crippen molar-refractivity contribution in [1.29, 1.82) is 0 Å². The minimum absolute atomic E-state index is 0.0273. The highest BCUT2D eigenvalue weighted by Crippen LogP contribution is 2.15. The third-order valence-corrected chi connectivity index (χ3v) is 5.71. The van der Waals surface area contributed by atoms with Gasteiger partial charge < -0.3 is 19.3 Å². The minimum Gasteiger partial charge on any atom is -0.469 e. The molecule has 2 aromatic heterocycles. The van der Waals surface area contributed by atoms with Gasteiger partial charge in [0.05, 0.1) is 39.2 Å². The lowest BCUT2D eigenvalue weighted by molar-refractivity contribution is -0.142. The summed E-state index contributed by atoms with van der Waals surface area (Å²) < 4.78 is 10.7. The zero-order valence-electron chi connectivity index (χ0n) is 16.9. The maximum absolute atomic E-state index is 12.8. The summed E-state index contributed by atoms with van der Waals surface area (Å²) in [5, 5.41) is 1.92. The summed E-state index contributed by atoms with van der Waals surface area (Å²) in [5.74, 6) is -0.696. The van der Waals surface area contributed by atoms with Gasteiger partial charge in [0.25, 0.3) is 0 Å². The van der Waals surface area contributed by atoms with E-state index in [4.69, 9.17) is 4.74 Å². The number of esters is 1. The first-order chi connectivity index (χ1) is 14.5. The fourth-order valence-corrected chi connectivity index (χ4v) is 3.88. The fourth-order valence-electron chi connectivity index (χ4n) is 3.19. The Labute approximate surface area is 179 Å². The zero-order chi connectivity index (χ0) is 21.3. The van der Waals surface area contributed by atoms with Crippen molar-refractivity contribution in [3.05, 3.63) is 52.5 Å². The maximum Gasteiger partial charge on any atom is 0.307 e. The summed E-state index contributed by atoms with van der Waals surface area (Å²) in [4.78, 5) is 45.2. The standard InChI is InChI=1S/C21H25N3O5S/c1-28-21(27)6-9-23-12-17(29-15-16-4-7-22-8-5-16)13-24(14-20(23)26)19(25)11-18-3-2-10-30-18/h2-5,7-8,10,17H,6,9,11-15H2,1H3. The number of rotatable bonds is 8. The van der Waals surface area contributed by atoms with Crippen LogP contribution in [0.4, 0.5) is 0 Å². The SMILES string of the molecule is COC(=O)CCN1CC(OCc2ccncc2)CN(C(=O)Cc2cccs2)CC1=O. The Morgan fingerprint density at radius 3 is 2.73 bits per heavy atom. The average molecular weight is 432 g/mol. The van der Waals surface area contributed by atoms with Gasteiger partial charge in [-0.25, -0.2) is 0 Å². The smallest absolute Gasteiger partial charge is 0.307 e. The molecular formula is C21H25N3O5S. The van der Waals surface area contributed by atoms with E-state index in [2.05, 4.69) is 9.72 Å². The van der Waals surface area contributed by atoms with E-state index in [0.717, 1.165) is 10.4 Å². The molecule has 0 radical (unpaired) electrons. The van der Waals surface area contributed by atoms with Gasteiger partial charge in [-0.2, -0.15) is 0 Å². The van der Waals surface area contributed by atoms with Gasteiger partial charge >= 0.3 is 5.97 Å². The second kappa shape index (κ2) is 10.8. The molecule has 1 unspecified atom stereocenters. The third-order valence-electron chi connectivity index (χ3n) is 4.83. The molecule has 0 bridgehead atoms. The molecule has 30 heavy (non-hydrogen) atoms. The molecule has 1 atom stereocenters. The molecule has 0 aromatic carbocycles. The fraction of sp³-hybridized carbons (Fsp3) is 0.429. The van der Waals surface area contributed by atoms with E-state index in [1.165, 1.54) is 18.4 Å². The van der Waals surface area contributed by atoms with E-state index in [1.807, 2.05) is 29.6 Å². The highest BCUT2D eigenvalue weighted by Gasteiger charge is 2.31. The van der Waals surface area contributed by atoms with Crippen LogP contribution in [0.2, 0.25) is 0 Å². The summed E-state index contributed by atoms with van der Waals surface area (Å²) in [5.41, 5.74) is 0.957. The Morgan fingerprint density at radius 2 is 2.03 bits per heavy atom. The first-order valence-electron chi connectivity index (χ1n) is 9.70. The van der Waals surface area contributed by atoms with Crippen LogP contribution >= 0.6 is 11.3 Å². The lowest BCUT2D eigenvalue weighted by Gasteiger charge is -2.24. The minimum atomic E-state index is -0.382. The first-order valence-corrected chi connectivity index (χ1v) is 10.6. The van der Waals surface area contributed by atoms with E-state index < -0.39 is 0 Å². The Kier molecular flexibility index (Phi) is 7.92. The topological polar surface area (TPSA) is 89.0 Å². The van der Waals surface area contributed by atoms with E-state index in [9.17, 15) is 14.4 Å². The summed E-state index contributed by atoms with van der Waals surface area (Å²) >= 11 is 1.51. The van der Waals surface area contributed by atoms with Gasteiger partial charge in [0, 0.05) is 36.9 Å². The molecule has 3 rings (SSSR count). The predicted octanol–water partition coefficient (Wildman–Crippen LogP) is 1.50. The molecule has 9 heteroatoms. The Balaban J connectivity index is 1.69. The van der Waals surface area contributed by atoms with Crippen LogP contribution in [0.15, 0.2) is 42.0 Å². The molecule has 160 valence electrons. The monoisotopic (exact) mass is 431 g/mol. The van der Waals surface area contributed by atoms with E-state index in [1.54, 1.807) is 22.2 Å². The molecule has 2 amide bonds. The summed E-state index contributed by atoms with van der Waals surface area (Å²) in [6.45, 7) is 1.17. The van der Waals surface area contributed by atoms with Crippen molar-refractivity contribution in [1.82, 2.24) is 14.8 Å². The first kappa shape index (κ1) is 21.9. The van der Waals surface area contributed by atoms with Crippen LogP contribution in [-0.2, 0) is 36.9 Å². The Morgan fingerprint density at radius 1 is 1.23 bits per heavy atom. The number of carbonyl (C=O) groups is 3. The van der Waals surface area contributed by atoms with Crippen molar-refractivity contribution < 1.29 is 23.9 Å². The van der Waals surface area contributed by atoms with E-state index >= 15 is 0 Å². The van der Waals surface area contributed by atoms with Crippen LogP contribution in [0.5, 0.6) is 0 Å². The van der Waals surface area contributed by atoms with Crippen LogP contribution in [0.3, 0.4) is 0 Å². The summed E-state index contributed by atoms with van der Waals surface area (Å²) in [6, 6.07) is 7.52. The Bertz CT molecular complexity index is 844. The normalized spacial score (nSPS) is 17.0. The highest BCUT2D eigenvalue weighted by atomic mass is 32.1. The number of thiophene rings is 1. The van der Waals surface area contributed by atoms with Crippen molar-refractivity contribution in [2.45, 2.75) is 25.6 Å². The molecule has 0 saturated carbocycles. The lowest BCUT2D eigenvalue weighted by atomic mass is 10.2. The van der Waals surface area contributed by atoms with Gasteiger partial charge in [0.15, 0.2) is 0 Å². The van der Waals surface area contributed by atoms with Crippen LogP contribution in [0, 0.1) is 0 Å². The molecule has 0 spiro atoms. The largest absolute Gasteiger partial charge is 0.469 e. The number of methoxy groups -OCH3 is 1. The molecule has 2 aromatic rings. The molecule has 1 aliphatic rings. The Hall–Kier alpha value is -2.78. The third kappa shape index (κ3) is 6.36. The molecule has 1 saturated heterocycles. The van der Waals surface area contributed by atoms with Crippen LogP contribution in [-0.4, -0.2) is 72.0 Å². The van der Waals surface area contributed by atoms with Gasteiger partial charge in [-0.1, -0.05) is 6.07 Å².